The SMILES string of the molecule is N#C[C@H]1CNc2ccccc2-n2ccnc2[C@@H]1O. The average molecular weight is 240 g/mol. The molecule has 0 aliphatic carbocycles. The Morgan fingerprint density at radius 3 is 3.11 bits per heavy atom. The van der Waals surface area contributed by atoms with Crippen molar-refractivity contribution in [2.24, 2.45) is 5.92 Å². The minimum Gasteiger partial charge on any atom is -0.384 e. The lowest BCUT2D eigenvalue weighted by atomic mass is 10.0. The van der Waals surface area contributed by atoms with Crippen LogP contribution >= 0.6 is 0 Å². The van der Waals surface area contributed by atoms with Crippen molar-refractivity contribution in [1.29, 1.82) is 5.26 Å². The Balaban J connectivity index is 2.20. The molecule has 90 valence electrons. The number of hydrogen-bond acceptors (Lipinski definition) is 4. The standard InChI is InChI=1S/C13H12N4O/c14-7-9-8-16-10-3-1-2-4-11(10)17-6-5-15-13(17)12(9)18/h1-6,9,12,16,18H,8H2/t9-,12+/m0/s1. The number of nitriles is 1. The topological polar surface area (TPSA) is 73.9 Å². The number of imidazole rings is 1. The molecule has 0 bridgehead atoms. The van der Waals surface area contributed by atoms with Gasteiger partial charge in [0.1, 0.15) is 11.9 Å². The first-order valence-electron chi connectivity index (χ1n) is 5.75. The molecular weight excluding hydrogens is 228 g/mol. The average Bonchev–Trinajstić information content (AvgIpc) is 2.87. The van der Waals surface area contributed by atoms with Gasteiger partial charge in [-0.05, 0) is 12.1 Å². The number of para-hydroxylation sites is 2. The van der Waals surface area contributed by atoms with E-state index in [1.165, 1.54) is 0 Å². The fourth-order valence-corrected chi connectivity index (χ4v) is 2.20. The Morgan fingerprint density at radius 1 is 1.44 bits per heavy atom. The van der Waals surface area contributed by atoms with Crippen LogP contribution in [-0.2, 0) is 0 Å². The highest BCUT2D eigenvalue weighted by Gasteiger charge is 2.27. The Morgan fingerprint density at radius 2 is 2.28 bits per heavy atom. The highest BCUT2D eigenvalue weighted by molar-refractivity contribution is 5.62. The van der Waals surface area contributed by atoms with Crippen molar-refractivity contribution in [2.75, 3.05) is 11.9 Å². The third-order valence-corrected chi connectivity index (χ3v) is 3.16. The fraction of sp³-hybridized carbons (Fsp3) is 0.231. The first kappa shape index (κ1) is 10.8. The van der Waals surface area contributed by atoms with Crippen LogP contribution in [0.3, 0.4) is 0 Å². The summed E-state index contributed by atoms with van der Waals surface area (Å²) in [5, 5.41) is 22.5. The van der Waals surface area contributed by atoms with Crippen LogP contribution in [0.25, 0.3) is 5.69 Å². The van der Waals surface area contributed by atoms with Gasteiger partial charge >= 0.3 is 0 Å². The van der Waals surface area contributed by atoms with Crippen LogP contribution in [0.15, 0.2) is 36.7 Å². The number of rotatable bonds is 0. The number of hydrogen-bond donors (Lipinski definition) is 2. The molecule has 3 rings (SSSR count). The number of anilines is 1. The summed E-state index contributed by atoms with van der Waals surface area (Å²) in [6.45, 7) is 0.404. The molecule has 0 saturated carbocycles. The summed E-state index contributed by atoms with van der Waals surface area (Å²) >= 11 is 0. The molecule has 1 aliphatic rings. The third-order valence-electron chi connectivity index (χ3n) is 3.16. The van der Waals surface area contributed by atoms with Crippen LogP contribution in [0.1, 0.15) is 11.9 Å². The van der Waals surface area contributed by atoms with Crippen LogP contribution in [0.4, 0.5) is 5.69 Å². The molecule has 2 aromatic rings. The van der Waals surface area contributed by atoms with Gasteiger partial charge in [-0.1, -0.05) is 12.1 Å². The molecule has 0 fully saturated rings. The van der Waals surface area contributed by atoms with E-state index >= 15 is 0 Å². The maximum atomic E-state index is 10.2. The maximum Gasteiger partial charge on any atom is 0.143 e. The van der Waals surface area contributed by atoms with E-state index in [4.69, 9.17) is 5.26 Å². The number of aliphatic hydroxyl groups excluding tert-OH is 1. The van der Waals surface area contributed by atoms with Gasteiger partial charge in [0.05, 0.1) is 23.4 Å². The molecule has 1 aromatic heterocycles. The minimum absolute atomic E-state index is 0.404. The Hall–Kier alpha value is -2.32. The predicted molar refractivity (Wildman–Crippen MR) is 66.1 cm³/mol. The first-order chi connectivity index (χ1) is 8.81. The molecular formula is C13H12N4O. The molecule has 0 radical (unpaired) electrons. The summed E-state index contributed by atoms with van der Waals surface area (Å²) in [4.78, 5) is 4.17. The van der Waals surface area contributed by atoms with E-state index < -0.39 is 12.0 Å². The molecule has 0 saturated heterocycles. The monoisotopic (exact) mass is 240 g/mol. The molecule has 18 heavy (non-hydrogen) atoms. The quantitative estimate of drug-likeness (QED) is 0.731. The van der Waals surface area contributed by atoms with Crippen molar-refractivity contribution in [3.8, 4) is 11.8 Å². The number of benzene rings is 1. The van der Waals surface area contributed by atoms with Gasteiger partial charge in [0.15, 0.2) is 0 Å². The summed E-state index contributed by atoms with van der Waals surface area (Å²) in [5.74, 6) is -0.00462. The number of nitrogens with zero attached hydrogens (tertiary/aromatic N) is 3. The zero-order valence-electron chi connectivity index (χ0n) is 9.61. The van der Waals surface area contributed by atoms with Crippen molar-refractivity contribution in [3.05, 3.63) is 42.5 Å². The normalized spacial score (nSPS) is 21.8. The number of fused-ring (bicyclic) bond motifs is 3. The molecule has 5 heteroatoms. The van der Waals surface area contributed by atoms with E-state index in [1.54, 1.807) is 12.4 Å². The summed E-state index contributed by atoms with van der Waals surface area (Å²) < 4.78 is 1.82. The van der Waals surface area contributed by atoms with Gasteiger partial charge in [-0.3, -0.25) is 4.57 Å². The van der Waals surface area contributed by atoms with Gasteiger partial charge in [0, 0.05) is 18.9 Å². The molecule has 0 amide bonds. The Bertz CT molecular complexity index is 613. The van der Waals surface area contributed by atoms with Crippen LogP contribution in [-0.4, -0.2) is 21.2 Å². The van der Waals surface area contributed by atoms with Gasteiger partial charge in [-0.15, -0.1) is 0 Å². The zero-order valence-corrected chi connectivity index (χ0v) is 9.61. The second-order valence-electron chi connectivity index (χ2n) is 4.23. The number of aromatic nitrogens is 2. The van der Waals surface area contributed by atoms with E-state index in [2.05, 4.69) is 16.4 Å². The predicted octanol–water partition coefficient (Wildman–Crippen LogP) is 1.47. The highest BCUT2D eigenvalue weighted by Crippen LogP contribution is 2.30. The van der Waals surface area contributed by atoms with Crippen LogP contribution in [0.2, 0.25) is 0 Å². The molecule has 2 atom stereocenters. The molecule has 2 heterocycles. The van der Waals surface area contributed by atoms with Crippen LogP contribution in [0.5, 0.6) is 0 Å². The lowest BCUT2D eigenvalue weighted by Crippen LogP contribution is -2.25. The van der Waals surface area contributed by atoms with E-state index in [1.807, 2.05) is 28.8 Å². The molecule has 1 aliphatic heterocycles. The smallest absolute Gasteiger partial charge is 0.143 e. The molecule has 5 nitrogen and oxygen atoms in total. The van der Waals surface area contributed by atoms with Crippen LogP contribution < -0.4 is 5.32 Å². The second kappa shape index (κ2) is 4.17. The van der Waals surface area contributed by atoms with Gasteiger partial charge in [-0.25, -0.2) is 4.98 Å². The van der Waals surface area contributed by atoms with Gasteiger partial charge in [0.2, 0.25) is 0 Å². The molecule has 1 aromatic carbocycles. The van der Waals surface area contributed by atoms with E-state index in [-0.39, 0.29) is 0 Å². The van der Waals surface area contributed by atoms with E-state index in [9.17, 15) is 5.11 Å². The summed E-state index contributed by atoms with van der Waals surface area (Å²) in [6.07, 6.45) is 2.54. The summed E-state index contributed by atoms with van der Waals surface area (Å²) in [6, 6.07) is 9.88. The summed E-state index contributed by atoms with van der Waals surface area (Å²) in [5.41, 5.74) is 1.87. The molecule has 0 unspecified atom stereocenters. The van der Waals surface area contributed by atoms with Crippen molar-refractivity contribution >= 4 is 5.69 Å². The van der Waals surface area contributed by atoms with Crippen molar-refractivity contribution in [2.45, 2.75) is 6.10 Å². The third kappa shape index (κ3) is 1.55. The van der Waals surface area contributed by atoms with Gasteiger partial charge in [-0.2, -0.15) is 5.26 Å². The van der Waals surface area contributed by atoms with Crippen molar-refractivity contribution in [3.63, 3.8) is 0 Å². The van der Waals surface area contributed by atoms with Crippen molar-refractivity contribution < 1.29 is 5.11 Å². The Kier molecular flexibility index (Phi) is 2.50. The largest absolute Gasteiger partial charge is 0.384 e. The van der Waals surface area contributed by atoms with Gasteiger partial charge in [0.25, 0.3) is 0 Å². The highest BCUT2D eigenvalue weighted by atomic mass is 16.3. The zero-order chi connectivity index (χ0) is 12.5. The molecule has 2 N–H and O–H groups in total. The van der Waals surface area contributed by atoms with E-state index in [0.717, 1.165) is 11.4 Å². The lowest BCUT2D eigenvalue weighted by Gasteiger charge is -2.24. The van der Waals surface area contributed by atoms with Gasteiger partial charge < -0.3 is 10.4 Å². The Labute approximate surface area is 104 Å². The lowest BCUT2D eigenvalue weighted by molar-refractivity contribution is 0.128. The second-order valence-corrected chi connectivity index (χ2v) is 4.23. The summed E-state index contributed by atoms with van der Waals surface area (Å²) in [7, 11) is 0. The fourth-order valence-electron chi connectivity index (χ4n) is 2.20. The van der Waals surface area contributed by atoms with E-state index in [0.29, 0.717) is 12.4 Å². The van der Waals surface area contributed by atoms with Crippen LogP contribution in [0, 0.1) is 17.2 Å². The number of aliphatic hydroxyl groups is 1. The molecule has 0 spiro atoms. The maximum absolute atomic E-state index is 10.2. The minimum atomic E-state index is -0.883. The van der Waals surface area contributed by atoms with Crippen molar-refractivity contribution in [1.82, 2.24) is 9.55 Å². The first-order valence-corrected chi connectivity index (χ1v) is 5.75. The number of nitrogens with one attached hydrogen (secondary N) is 1.